The predicted octanol–water partition coefficient (Wildman–Crippen LogP) is 4.45. The van der Waals surface area contributed by atoms with Crippen LogP contribution >= 0.6 is 0 Å². The van der Waals surface area contributed by atoms with E-state index in [-0.39, 0.29) is 18.5 Å². The first-order valence-corrected chi connectivity index (χ1v) is 11.3. The molecule has 2 aliphatic rings. The van der Waals surface area contributed by atoms with Crippen molar-refractivity contribution in [3.63, 3.8) is 0 Å². The summed E-state index contributed by atoms with van der Waals surface area (Å²) >= 11 is 0. The van der Waals surface area contributed by atoms with E-state index in [2.05, 4.69) is 4.90 Å². The molecule has 2 amide bonds. The fourth-order valence-electron chi connectivity index (χ4n) is 4.75. The second-order valence-electron chi connectivity index (χ2n) is 8.75. The van der Waals surface area contributed by atoms with Crippen molar-refractivity contribution in [2.75, 3.05) is 31.1 Å². The first-order valence-electron chi connectivity index (χ1n) is 11.3. The Bertz CT molecular complexity index is 1070. The quantitative estimate of drug-likeness (QED) is 0.567. The number of carbonyl (C=O) groups is 2. The lowest BCUT2D eigenvalue weighted by molar-refractivity contribution is -0.118. The van der Waals surface area contributed by atoms with Gasteiger partial charge in [-0.1, -0.05) is 66.7 Å². The zero-order chi connectivity index (χ0) is 22.7. The molecule has 0 bridgehead atoms. The van der Waals surface area contributed by atoms with Crippen molar-refractivity contribution in [3.05, 3.63) is 96.6 Å². The molecule has 5 rings (SSSR count). The van der Waals surface area contributed by atoms with Gasteiger partial charge in [-0.2, -0.15) is 0 Å². The molecule has 6 heteroatoms. The highest BCUT2D eigenvalue weighted by atomic mass is 16.6. The molecule has 2 heterocycles. The lowest BCUT2D eigenvalue weighted by atomic mass is 10.0. The zero-order valence-corrected chi connectivity index (χ0v) is 18.5. The van der Waals surface area contributed by atoms with Crippen molar-refractivity contribution in [1.29, 1.82) is 0 Å². The van der Waals surface area contributed by atoms with Crippen LogP contribution in [0.15, 0.2) is 91.0 Å². The van der Waals surface area contributed by atoms with Gasteiger partial charge in [-0.3, -0.25) is 19.5 Å². The molecule has 33 heavy (non-hydrogen) atoms. The van der Waals surface area contributed by atoms with Crippen molar-refractivity contribution in [1.82, 2.24) is 9.80 Å². The minimum atomic E-state index is -0.545. The molecule has 6 nitrogen and oxygen atoms in total. The van der Waals surface area contributed by atoms with Crippen molar-refractivity contribution in [2.24, 2.45) is 0 Å². The summed E-state index contributed by atoms with van der Waals surface area (Å²) in [5.41, 5.74) is 2.21. The molecule has 168 valence electrons. The molecule has 0 aromatic heterocycles. The average molecular weight is 442 g/mol. The maximum absolute atomic E-state index is 13.4. The number of carbonyl (C=O) groups excluding carboxylic acids is 2. The van der Waals surface area contributed by atoms with Crippen molar-refractivity contribution >= 4 is 23.4 Å². The van der Waals surface area contributed by atoms with Crippen LogP contribution in [-0.2, 0) is 16.1 Å². The smallest absolute Gasteiger partial charge is 0.410 e. The van der Waals surface area contributed by atoms with Gasteiger partial charge in [0.1, 0.15) is 5.60 Å². The third-order valence-electron chi connectivity index (χ3n) is 6.29. The number of hydrogen-bond donors (Lipinski definition) is 0. The molecule has 0 N–H and O–H groups in total. The van der Waals surface area contributed by atoms with E-state index in [1.165, 1.54) is 0 Å². The fourth-order valence-corrected chi connectivity index (χ4v) is 4.75. The van der Waals surface area contributed by atoms with Gasteiger partial charge in [0.2, 0.25) is 5.91 Å². The van der Waals surface area contributed by atoms with Crippen LogP contribution in [0, 0.1) is 0 Å². The van der Waals surface area contributed by atoms with Crippen LogP contribution in [-0.4, -0.2) is 53.6 Å². The summed E-state index contributed by atoms with van der Waals surface area (Å²) in [7, 11) is 0. The van der Waals surface area contributed by atoms with E-state index in [0.717, 1.165) is 29.9 Å². The van der Waals surface area contributed by atoms with Crippen LogP contribution in [0.3, 0.4) is 0 Å². The Hall–Kier alpha value is -3.64. The van der Waals surface area contributed by atoms with Crippen LogP contribution in [0.1, 0.15) is 12.0 Å². The maximum Gasteiger partial charge on any atom is 0.410 e. The lowest BCUT2D eigenvalue weighted by Gasteiger charge is -2.26. The highest BCUT2D eigenvalue weighted by Crippen LogP contribution is 2.34. The Labute approximate surface area is 194 Å². The molecule has 2 saturated heterocycles. The lowest BCUT2D eigenvalue weighted by Crippen LogP contribution is -2.41. The second-order valence-corrected chi connectivity index (χ2v) is 8.75. The van der Waals surface area contributed by atoms with Crippen LogP contribution < -0.4 is 4.90 Å². The monoisotopic (exact) mass is 441 g/mol. The number of para-hydroxylation sites is 2. The normalized spacial score (nSPS) is 20.2. The van der Waals surface area contributed by atoms with Gasteiger partial charge in [0.05, 0.1) is 13.1 Å². The van der Waals surface area contributed by atoms with E-state index in [4.69, 9.17) is 4.74 Å². The molecule has 3 aromatic rings. The summed E-state index contributed by atoms with van der Waals surface area (Å²) in [6, 6.07) is 29.3. The number of nitrogens with zero attached hydrogens (tertiary/aromatic N) is 3. The van der Waals surface area contributed by atoms with Crippen LogP contribution in [0.25, 0.3) is 0 Å². The highest BCUT2D eigenvalue weighted by molar-refractivity contribution is 6.01. The molecule has 0 saturated carbocycles. The summed E-state index contributed by atoms with van der Waals surface area (Å²) in [6.45, 7) is 2.63. The molecule has 1 atom stereocenters. The standard InChI is InChI=1S/C27H27N3O3/c31-25(30(23-12-6-2-7-13-23)24-14-8-3-9-15-24)19-28-17-16-27(20-28)21-29(26(32)33-27)18-22-10-4-1-5-11-22/h1-15H,16-21H2/t27-/m0/s1. The van der Waals surface area contributed by atoms with Crippen LogP contribution in [0.5, 0.6) is 0 Å². The SMILES string of the molecule is O=C1O[C@]2(CCN(CC(=O)N(c3ccccc3)c3ccccc3)C2)CN1Cc1ccccc1. The Balaban J connectivity index is 1.27. The molecule has 0 radical (unpaired) electrons. The summed E-state index contributed by atoms with van der Waals surface area (Å²) < 4.78 is 5.86. The number of likely N-dealkylation sites (tertiary alicyclic amines) is 1. The van der Waals surface area contributed by atoms with E-state index in [1.54, 1.807) is 9.80 Å². The van der Waals surface area contributed by atoms with Gasteiger partial charge in [-0.15, -0.1) is 0 Å². The number of rotatable bonds is 6. The van der Waals surface area contributed by atoms with Gasteiger partial charge in [-0.25, -0.2) is 4.79 Å². The number of anilines is 2. The van der Waals surface area contributed by atoms with E-state index < -0.39 is 5.60 Å². The largest absolute Gasteiger partial charge is 0.439 e. The summed E-state index contributed by atoms with van der Waals surface area (Å²) in [5, 5.41) is 0. The third kappa shape index (κ3) is 4.61. The zero-order valence-electron chi connectivity index (χ0n) is 18.5. The van der Waals surface area contributed by atoms with Crippen molar-refractivity contribution < 1.29 is 14.3 Å². The van der Waals surface area contributed by atoms with Gasteiger partial charge >= 0.3 is 6.09 Å². The molecule has 2 aliphatic heterocycles. The average Bonchev–Trinajstić information content (AvgIpc) is 3.36. The molecular formula is C27H27N3O3. The van der Waals surface area contributed by atoms with Crippen LogP contribution in [0.2, 0.25) is 0 Å². The fraction of sp³-hybridized carbons (Fsp3) is 0.259. The molecule has 1 spiro atoms. The summed E-state index contributed by atoms with van der Waals surface area (Å²) in [6.07, 6.45) is 0.454. The van der Waals surface area contributed by atoms with Gasteiger partial charge < -0.3 is 4.74 Å². The van der Waals surface area contributed by atoms with Crippen molar-refractivity contribution in [2.45, 2.75) is 18.6 Å². The summed E-state index contributed by atoms with van der Waals surface area (Å²) in [5.74, 6) is -0.00471. The van der Waals surface area contributed by atoms with E-state index in [0.29, 0.717) is 19.6 Å². The van der Waals surface area contributed by atoms with Gasteiger partial charge in [0.15, 0.2) is 0 Å². The minimum Gasteiger partial charge on any atom is -0.439 e. The topological polar surface area (TPSA) is 53.1 Å². The molecular weight excluding hydrogens is 414 g/mol. The minimum absolute atomic E-state index is 0.00471. The Morgan fingerprint density at radius 3 is 2.03 bits per heavy atom. The number of amides is 2. The summed E-state index contributed by atoms with van der Waals surface area (Å²) in [4.78, 5) is 31.6. The van der Waals surface area contributed by atoms with Gasteiger partial charge in [0.25, 0.3) is 0 Å². The second kappa shape index (κ2) is 9.08. The maximum atomic E-state index is 13.4. The van der Waals surface area contributed by atoms with Gasteiger partial charge in [-0.05, 0) is 29.8 Å². The molecule has 3 aromatic carbocycles. The van der Waals surface area contributed by atoms with Gasteiger partial charge in [0, 0.05) is 37.4 Å². The number of hydrogen-bond acceptors (Lipinski definition) is 4. The number of ether oxygens (including phenoxy) is 1. The highest BCUT2D eigenvalue weighted by Gasteiger charge is 2.49. The Kier molecular flexibility index (Phi) is 5.84. The molecule has 0 aliphatic carbocycles. The first kappa shape index (κ1) is 21.2. The molecule has 2 fully saturated rings. The van der Waals surface area contributed by atoms with E-state index >= 15 is 0 Å². The van der Waals surface area contributed by atoms with Crippen molar-refractivity contribution in [3.8, 4) is 0 Å². The Morgan fingerprint density at radius 1 is 0.848 bits per heavy atom. The third-order valence-corrected chi connectivity index (χ3v) is 6.29. The number of benzene rings is 3. The van der Waals surface area contributed by atoms with E-state index in [1.807, 2.05) is 91.0 Å². The van der Waals surface area contributed by atoms with Crippen LogP contribution in [0.4, 0.5) is 16.2 Å². The first-order chi connectivity index (χ1) is 16.1. The Morgan fingerprint density at radius 2 is 1.42 bits per heavy atom. The predicted molar refractivity (Wildman–Crippen MR) is 127 cm³/mol. The van der Waals surface area contributed by atoms with E-state index in [9.17, 15) is 9.59 Å². The molecule has 0 unspecified atom stereocenters.